The van der Waals surface area contributed by atoms with Crippen LogP contribution in [-0.2, 0) is 20.7 Å². The second-order valence-corrected chi connectivity index (χ2v) is 8.49. The highest BCUT2D eigenvalue weighted by Crippen LogP contribution is 2.44. The van der Waals surface area contributed by atoms with Crippen molar-refractivity contribution in [2.24, 2.45) is 0 Å². The summed E-state index contributed by atoms with van der Waals surface area (Å²) in [5, 5.41) is 14.5. The zero-order valence-electron chi connectivity index (χ0n) is 19.3. The van der Waals surface area contributed by atoms with Crippen LogP contribution in [0.3, 0.4) is 0 Å². The largest absolute Gasteiger partial charge is 0.481 e. The molecule has 0 saturated carbocycles. The Bertz CT molecular complexity index is 1180. The number of hydrogen-bond acceptors (Lipinski definition) is 4. The van der Waals surface area contributed by atoms with E-state index in [9.17, 15) is 14.4 Å². The summed E-state index contributed by atoms with van der Waals surface area (Å²) in [5.74, 6) is -1.13. The average Bonchev–Trinajstić information content (AvgIpc) is 3.17. The van der Waals surface area contributed by atoms with E-state index in [0.717, 1.165) is 11.1 Å². The molecule has 0 aliphatic heterocycles. The molecule has 0 fully saturated rings. The summed E-state index contributed by atoms with van der Waals surface area (Å²) in [6.45, 7) is 0.664. The fourth-order valence-corrected chi connectivity index (χ4v) is 4.42. The van der Waals surface area contributed by atoms with Crippen molar-refractivity contribution in [1.82, 2.24) is 5.32 Å². The maximum atomic E-state index is 12.2. The molecule has 3 N–H and O–H groups in total. The van der Waals surface area contributed by atoms with Crippen LogP contribution in [0.15, 0.2) is 72.8 Å². The van der Waals surface area contributed by atoms with Crippen LogP contribution in [0.25, 0.3) is 11.1 Å². The molecule has 1 aliphatic carbocycles. The summed E-state index contributed by atoms with van der Waals surface area (Å²) in [6.07, 6.45) is 0.845. The van der Waals surface area contributed by atoms with E-state index in [1.807, 2.05) is 24.3 Å². The minimum atomic E-state index is -0.953. The van der Waals surface area contributed by atoms with E-state index in [2.05, 4.69) is 34.9 Å². The zero-order chi connectivity index (χ0) is 24.6. The number of hydrogen-bond donors (Lipinski definition) is 3. The summed E-state index contributed by atoms with van der Waals surface area (Å²) in [4.78, 5) is 35.4. The van der Waals surface area contributed by atoms with Gasteiger partial charge in [0.15, 0.2) is 0 Å². The number of fused-ring (bicyclic) bond motifs is 3. The van der Waals surface area contributed by atoms with Gasteiger partial charge in [-0.05, 0) is 46.7 Å². The highest BCUT2D eigenvalue weighted by atomic mass is 16.5. The lowest BCUT2D eigenvalue weighted by atomic mass is 9.98. The van der Waals surface area contributed by atoms with Crippen molar-refractivity contribution in [3.63, 3.8) is 0 Å². The first-order chi connectivity index (χ1) is 17.0. The number of amides is 2. The molecule has 0 aromatic heterocycles. The Morgan fingerprint density at radius 1 is 0.829 bits per heavy atom. The minimum absolute atomic E-state index is 0.0147. The molecule has 0 unspecified atom stereocenters. The lowest BCUT2D eigenvalue weighted by Crippen LogP contribution is -2.27. The van der Waals surface area contributed by atoms with E-state index in [4.69, 9.17) is 9.84 Å². The molecule has 0 saturated heterocycles. The SMILES string of the molecule is O=C(O)Cc1ccccc1NC(=O)CCCCNC(=O)OCC1c2ccccc2-c2ccccc21. The predicted molar refractivity (Wildman–Crippen MR) is 133 cm³/mol. The molecule has 180 valence electrons. The number of aliphatic carboxylic acids is 1. The smallest absolute Gasteiger partial charge is 0.407 e. The van der Waals surface area contributed by atoms with Gasteiger partial charge in [0.05, 0.1) is 6.42 Å². The highest BCUT2D eigenvalue weighted by molar-refractivity contribution is 5.92. The van der Waals surface area contributed by atoms with Crippen molar-refractivity contribution in [3.05, 3.63) is 89.5 Å². The van der Waals surface area contributed by atoms with Crippen LogP contribution in [0.4, 0.5) is 10.5 Å². The topological polar surface area (TPSA) is 105 Å². The minimum Gasteiger partial charge on any atom is -0.481 e. The Hall–Kier alpha value is -4.13. The summed E-state index contributed by atoms with van der Waals surface area (Å²) < 4.78 is 5.51. The van der Waals surface area contributed by atoms with Crippen molar-refractivity contribution < 1.29 is 24.2 Å². The average molecular weight is 473 g/mol. The molecule has 2 amide bonds. The van der Waals surface area contributed by atoms with Gasteiger partial charge in [-0.25, -0.2) is 4.79 Å². The normalized spacial score (nSPS) is 11.9. The molecule has 7 heteroatoms. The summed E-state index contributed by atoms with van der Waals surface area (Å²) in [6, 6.07) is 23.2. The van der Waals surface area contributed by atoms with Crippen molar-refractivity contribution in [2.75, 3.05) is 18.5 Å². The van der Waals surface area contributed by atoms with E-state index >= 15 is 0 Å². The zero-order valence-corrected chi connectivity index (χ0v) is 19.3. The van der Waals surface area contributed by atoms with Gasteiger partial charge in [0.1, 0.15) is 6.61 Å². The van der Waals surface area contributed by atoms with Crippen LogP contribution >= 0.6 is 0 Å². The van der Waals surface area contributed by atoms with Crippen molar-refractivity contribution in [3.8, 4) is 11.1 Å². The Morgan fingerprint density at radius 3 is 2.14 bits per heavy atom. The molecule has 35 heavy (non-hydrogen) atoms. The standard InChI is InChI=1S/C28H28N2O5/c31-26(30-25-14-6-1-9-19(25)17-27(32)33)15-7-8-16-29-28(34)35-18-24-22-12-4-2-10-20(22)21-11-3-5-13-23(21)24/h1-6,9-14,24H,7-8,15-18H2,(H,29,34)(H,30,31)(H,32,33). The van der Waals surface area contributed by atoms with Crippen LogP contribution in [0.5, 0.6) is 0 Å². The number of nitrogens with one attached hydrogen (secondary N) is 2. The van der Waals surface area contributed by atoms with E-state index in [1.165, 1.54) is 11.1 Å². The molecule has 0 heterocycles. The number of carbonyl (C=O) groups excluding carboxylic acids is 2. The van der Waals surface area contributed by atoms with Gasteiger partial charge in [0.2, 0.25) is 5.91 Å². The van der Waals surface area contributed by atoms with Crippen molar-refractivity contribution in [1.29, 1.82) is 0 Å². The first kappa shape index (κ1) is 24.0. The maximum Gasteiger partial charge on any atom is 0.407 e. The third-order valence-corrected chi connectivity index (χ3v) is 6.08. The lowest BCUT2D eigenvalue weighted by molar-refractivity contribution is -0.136. The van der Waals surface area contributed by atoms with Crippen LogP contribution in [0.1, 0.15) is 41.9 Å². The van der Waals surface area contributed by atoms with Crippen LogP contribution < -0.4 is 10.6 Å². The lowest BCUT2D eigenvalue weighted by Gasteiger charge is -2.14. The Labute approximate surface area is 204 Å². The number of anilines is 1. The number of para-hydroxylation sites is 1. The molecule has 0 bridgehead atoms. The number of unbranched alkanes of at least 4 members (excludes halogenated alkanes) is 1. The van der Waals surface area contributed by atoms with Gasteiger partial charge < -0.3 is 20.5 Å². The quantitative estimate of drug-likeness (QED) is 0.362. The number of carboxylic acid groups (broad SMARTS) is 1. The van der Waals surface area contributed by atoms with Gasteiger partial charge in [0.25, 0.3) is 0 Å². The van der Waals surface area contributed by atoms with E-state index < -0.39 is 12.1 Å². The van der Waals surface area contributed by atoms with E-state index in [1.54, 1.807) is 24.3 Å². The van der Waals surface area contributed by atoms with E-state index in [0.29, 0.717) is 30.6 Å². The van der Waals surface area contributed by atoms with Crippen LogP contribution in [0, 0.1) is 0 Å². The highest BCUT2D eigenvalue weighted by Gasteiger charge is 2.28. The molecule has 0 radical (unpaired) electrons. The molecule has 3 aromatic rings. The van der Waals surface area contributed by atoms with Crippen LogP contribution in [-0.4, -0.2) is 36.2 Å². The van der Waals surface area contributed by atoms with Crippen molar-refractivity contribution in [2.45, 2.75) is 31.6 Å². The number of alkyl carbamates (subject to hydrolysis) is 1. The monoisotopic (exact) mass is 472 g/mol. The number of carbonyl (C=O) groups is 3. The molecule has 3 aromatic carbocycles. The molecule has 7 nitrogen and oxygen atoms in total. The molecule has 4 rings (SSSR count). The molecule has 1 aliphatic rings. The number of rotatable bonds is 10. The van der Waals surface area contributed by atoms with Gasteiger partial charge in [-0.1, -0.05) is 66.7 Å². The van der Waals surface area contributed by atoms with Gasteiger partial charge in [-0.15, -0.1) is 0 Å². The third kappa shape index (κ3) is 6.06. The first-order valence-electron chi connectivity index (χ1n) is 11.7. The maximum absolute atomic E-state index is 12.2. The number of benzene rings is 3. The second kappa shape index (κ2) is 11.3. The molecular weight excluding hydrogens is 444 g/mol. The summed E-state index contributed by atoms with van der Waals surface area (Å²) in [7, 11) is 0. The van der Waals surface area contributed by atoms with Crippen LogP contribution in [0.2, 0.25) is 0 Å². The molecule has 0 spiro atoms. The fourth-order valence-electron chi connectivity index (χ4n) is 4.42. The fraction of sp³-hybridized carbons (Fsp3) is 0.250. The van der Waals surface area contributed by atoms with E-state index in [-0.39, 0.29) is 31.3 Å². The second-order valence-electron chi connectivity index (χ2n) is 8.49. The summed E-state index contributed by atoms with van der Waals surface area (Å²) >= 11 is 0. The Kier molecular flexibility index (Phi) is 7.77. The molecule has 0 atom stereocenters. The summed E-state index contributed by atoms with van der Waals surface area (Å²) in [5.41, 5.74) is 5.76. The van der Waals surface area contributed by atoms with Gasteiger partial charge in [-0.2, -0.15) is 0 Å². The first-order valence-corrected chi connectivity index (χ1v) is 11.7. The number of carboxylic acids is 1. The Balaban J connectivity index is 1.17. The van der Waals surface area contributed by atoms with Gasteiger partial charge in [0, 0.05) is 24.6 Å². The molecular formula is C28H28N2O5. The van der Waals surface area contributed by atoms with Gasteiger partial charge >= 0.3 is 12.1 Å². The van der Waals surface area contributed by atoms with Gasteiger partial charge in [-0.3, -0.25) is 9.59 Å². The Morgan fingerprint density at radius 2 is 1.46 bits per heavy atom. The predicted octanol–water partition coefficient (Wildman–Crippen LogP) is 4.96. The number of ether oxygens (including phenoxy) is 1. The third-order valence-electron chi connectivity index (χ3n) is 6.08. The van der Waals surface area contributed by atoms with Crippen molar-refractivity contribution >= 4 is 23.7 Å².